The Balaban J connectivity index is 1.65. The van der Waals surface area contributed by atoms with Gasteiger partial charge in [0.25, 0.3) is 0 Å². The van der Waals surface area contributed by atoms with Crippen molar-refractivity contribution in [2.24, 2.45) is 0 Å². The van der Waals surface area contributed by atoms with Gasteiger partial charge in [0.15, 0.2) is 0 Å². The quantitative estimate of drug-likeness (QED) is 0.333. The van der Waals surface area contributed by atoms with Crippen LogP contribution in [0.3, 0.4) is 0 Å². The number of nitrogens with one attached hydrogen (secondary N) is 2. The van der Waals surface area contributed by atoms with Crippen LogP contribution in [0.1, 0.15) is 36.3 Å². The number of carboxylic acid groups (broad SMARTS) is 1. The average Bonchev–Trinajstić information content (AvgIpc) is 3.18. The molecule has 184 valence electrons. The van der Waals surface area contributed by atoms with Crippen LogP contribution in [0.15, 0.2) is 61.2 Å². The van der Waals surface area contributed by atoms with Crippen molar-refractivity contribution >= 4 is 23.9 Å². The Morgan fingerprint density at radius 2 is 1.60 bits per heavy atom. The lowest BCUT2D eigenvalue weighted by Crippen LogP contribution is -2.52. The standard InChI is InChI=1S/C26H28N2O7/c1-3-4-13-21(24(30)27-22(25(31)32)14-23(29)34-2)28-26(33)35-15-20-18-11-7-5-9-16(18)17-10-6-8-12-19(17)20/h3,5-12,20-22H,1,4,13-15H2,2H3,(H,27,30)(H,28,33)(H,31,32)/t21?,22-/m0/s1. The summed E-state index contributed by atoms with van der Waals surface area (Å²) in [7, 11) is 1.12. The van der Waals surface area contributed by atoms with Gasteiger partial charge in [0.05, 0.1) is 13.5 Å². The van der Waals surface area contributed by atoms with Gasteiger partial charge in [0, 0.05) is 5.92 Å². The molecule has 0 spiro atoms. The van der Waals surface area contributed by atoms with Gasteiger partial charge < -0.3 is 25.2 Å². The van der Waals surface area contributed by atoms with Crippen molar-refractivity contribution in [3.05, 3.63) is 72.3 Å². The second kappa shape index (κ2) is 11.8. The summed E-state index contributed by atoms with van der Waals surface area (Å²) in [4.78, 5) is 48.3. The predicted molar refractivity (Wildman–Crippen MR) is 128 cm³/mol. The molecule has 0 fully saturated rings. The van der Waals surface area contributed by atoms with E-state index >= 15 is 0 Å². The smallest absolute Gasteiger partial charge is 0.407 e. The first-order chi connectivity index (χ1) is 16.8. The van der Waals surface area contributed by atoms with Crippen LogP contribution in [-0.4, -0.2) is 54.8 Å². The largest absolute Gasteiger partial charge is 0.480 e. The Bertz CT molecular complexity index is 1070. The summed E-state index contributed by atoms with van der Waals surface area (Å²) >= 11 is 0. The van der Waals surface area contributed by atoms with E-state index in [9.17, 15) is 24.3 Å². The van der Waals surface area contributed by atoms with Crippen molar-refractivity contribution in [2.75, 3.05) is 13.7 Å². The van der Waals surface area contributed by atoms with Gasteiger partial charge in [-0.3, -0.25) is 9.59 Å². The highest BCUT2D eigenvalue weighted by Crippen LogP contribution is 2.44. The first-order valence-electron chi connectivity index (χ1n) is 11.2. The molecule has 0 heterocycles. The van der Waals surface area contributed by atoms with Gasteiger partial charge in [-0.05, 0) is 35.1 Å². The normalized spacial score (nSPS) is 13.5. The zero-order valence-electron chi connectivity index (χ0n) is 19.4. The van der Waals surface area contributed by atoms with Crippen LogP contribution < -0.4 is 10.6 Å². The van der Waals surface area contributed by atoms with Crippen LogP contribution >= 0.6 is 0 Å². The minimum atomic E-state index is -1.49. The Labute approximate surface area is 203 Å². The van der Waals surface area contributed by atoms with Gasteiger partial charge in [-0.1, -0.05) is 54.6 Å². The van der Waals surface area contributed by atoms with E-state index in [1.165, 1.54) is 0 Å². The van der Waals surface area contributed by atoms with E-state index in [2.05, 4.69) is 21.9 Å². The number of hydrogen-bond acceptors (Lipinski definition) is 6. The van der Waals surface area contributed by atoms with Crippen molar-refractivity contribution in [3.63, 3.8) is 0 Å². The van der Waals surface area contributed by atoms with Crippen LogP contribution in [0.2, 0.25) is 0 Å². The third-order valence-electron chi connectivity index (χ3n) is 5.82. The molecule has 1 aliphatic carbocycles. The fourth-order valence-electron chi connectivity index (χ4n) is 4.06. The van der Waals surface area contributed by atoms with Crippen LogP contribution in [-0.2, 0) is 23.9 Å². The lowest BCUT2D eigenvalue weighted by Gasteiger charge is -2.21. The number of allylic oxidation sites excluding steroid dienone is 1. The molecular weight excluding hydrogens is 452 g/mol. The fraction of sp³-hybridized carbons (Fsp3) is 0.308. The number of amides is 2. The number of fused-ring (bicyclic) bond motifs is 3. The maximum absolute atomic E-state index is 12.7. The Morgan fingerprint density at radius 1 is 1.00 bits per heavy atom. The van der Waals surface area contributed by atoms with Gasteiger partial charge in [-0.25, -0.2) is 9.59 Å². The van der Waals surface area contributed by atoms with Gasteiger partial charge in [0.2, 0.25) is 5.91 Å². The molecule has 0 radical (unpaired) electrons. The van der Waals surface area contributed by atoms with Gasteiger partial charge >= 0.3 is 18.0 Å². The first kappa shape index (κ1) is 25.5. The van der Waals surface area contributed by atoms with E-state index in [1.54, 1.807) is 6.08 Å². The van der Waals surface area contributed by atoms with Gasteiger partial charge in [0.1, 0.15) is 18.7 Å². The van der Waals surface area contributed by atoms with Crippen LogP contribution in [0.25, 0.3) is 11.1 Å². The maximum Gasteiger partial charge on any atom is 0.407 e. The summed E-state index contributed by atoms with van der Waals surface area (Å²) in [6.07, 6.45) is 0.774. The van der Waals surface area contributed by atoms with Crippen molar-refractivity contribution in [2.45, 2.75) is 37.3 Å². The van der Waals surface area contributed by atoms with Gasteiger partial charge in [-0.2, -0.15) is 0 Å². The van der Waals surface area contributed by atoms with Crippen molar-refractivity contribution in [3.8, 4) is 11.1 Å². The monoisotopic (exact) mass is 480 g/mol. The number of methoxy groups -OCH3 is 1. The minimum absolute atomic E-state index is 0.0652. The molecule has 2 amide bonds. The highest BCUT2D eigenvalue weighted by atomic mass is 16.5. The summed E-state index contributed by atoms with van der Waals surface area (Å²) in [5.74, 6) is -3.08. The summed E-state index contributed by atoms with van der Waals surface area (Å²) in [6.45, 7) is 3.68. The van der Waals surface area contributed by atoms with E-state index in [0.717, 1.165) is 29.4 Å². The molecule has 3 N–H and O–H groups in total. The number of rotatable bonds is 11. The molecule has 1 unspecified atom stereocenters. The molecule has 9 heteroatoms. The molecule has 35 heavy (non-hydrogen) atoms. The molecule has 0 bridgehead atoms. The number of carbonyl (C=O) groups is 4. The summed E-state index contributed by atoms with van der Waals surface area (Å²) in [5.41, 5.74) is 4.28. The highest BCUT2D eigenvalue weighted by molar-refractivity contribution is 5.91. The second-order valence-electron chi connectivity index (χ2n) is 8.07. The Kier molecular flexibility index (Phi) is 8.61. The minimum Gasteiger partial charge on any atom is -0.480 e. The van der Waals surface area contributed by atoms with Gasteiger partial charge in [-0.15, -0.1) is 6.58 Å². The van der Waals surface area contributed by atoms with E-state index in [1.807, 2.05) is 48.5 Å². The number of carbonyl (C=O) groups excluding carboxylic acids is 3. The number of esters is 1. The maximum atomic E-state index is 12.7. The molecule has 0 aliphatic heterocycles. The van der Waals surface area contributed by atoms with E-state index in [-0.39, 0.29) is 18.9 Å². The Hall–Kier alpha value is -4.14. The third kappa shape index (κ3) is 6.26. The summed E-state index contributed by atoms with van der Waals surface area (Å²) in [6, 6.07) is 13.2. The molecular formula is C26H28N2O7. The predicted octanol–water partition coefficient (Wildman–Crippen LogP) is 2.99. The zero-order valence-corrected chi connectivity index (χ0v) is 19.4. The molecule has 1 aliphatic rings. The van der Waals surface area contributed by atoms with Crippen LogP contribution in [0.5, 0.6) is 0 Å². The third-order valence-corrected chi connectivity index (χ3v) is 5.82. The molecule has 0 saturated carbocycles. The lowest BCUT2D eigenvalue weighted by atomic mass is 9.98. The lowest BCUT2D eigenvalue weighted by molar-refractivity contribution is -0.149. The topological polar surface area (TPSA) is 131 Å². The second-order valence-corrected chi connectivity index (χ2v) is 8.07. The van der Waals surface area contributed by atoms with Crippen molar-refractivity contribution in [1.82, 2.24) is 10.6 Å². The SMILES string of the molecule is C=CCCC(NC(=O)OCC1c2ccccc2-c2ccccc21)C(=O)N[C@@H](CC(=O)OC)C(=O)O. The number of alkyl carbamates (subject to hydrolysis) is 1. The number of carboxylic acids is 1. The molecule has 2 atom stereocenters. The van der Waals surface area contributed by atoms with Crippen molar-refractivity contribution in [1.29, 1.82) is 0 Å². The number of ether oxygens (including phenoxy) is 2. The van der Waals surface area contributed by atoms with Crippen molar-refractivity contribution < 1.29 is 33.8 Å². The fourth-order valence-corrected chi connectivity index (χ4v) is 4.06. The number of aliphatic carboxylic acids is 1. The van der Waals surface area contributed by atoms with E-state index in [4.69, 9.17) is 4.74 Å². The number of hydrogen-bond donors (Lipinski definition) is 3. The average molecular weight is 481 g/mol. The van der Waals surface area contributed by atoms with Crippen LogP contribution in [0, 0.1) is 0 Å². The molecule has 3 rings (SSSR count). The summed E-state index contributed by atoms with van der Waals surface area (Å²) in [5, 5.41) is 14.1. The highest BCUT2D eigenvalue weighted by Gasteiger charge is 2.31. The Morgan fingerprint density at radius 3 is 2.14 bits per heavy atom. The first-order valence-corrected chi connectivity index (χ1v) is 11.2. The van der Waals surface area contributed by atoms with E-state index in [0.29, 0.717) is 6.42 Å². The molecule has 2 aromatic carbocycles. The number of benzene rings is 2. The molecule has 9 nitrogen and oxygen atoms in total. The molecule has 0 aromatic heterocycles. The van der Waals surface area contributed by atoms with E-state index < -0.39 is 42.4 Å². The molecule has 0 saturated heterocycles. The molecule has 2 aromatic rings. The zero-order chi connectivity index (χ0) is 25.4. The summed E-state index contributed by atoms with van der Waals surface area (Å²) < 4.78 is 9.96. The van der Waals surface area contributed by atoms with Crippen LogP contribution in [0.4, 0.5) is 4.79 Å².